The van der Waals surface area contributed by atoms with E-state index in [1.807, 2.05) is 0 Å². The Kier molecular flexibility index (Phi) is 5.67. The number of nitrogens with two attached hydrogens (primary N) is 1. The molecule has 0 unspecified atom stereocenters. The maximum atomic E-state index is 12.2. The fourth-order valence-electron chi connectivity index (χ4n) is 1.27. The van der Waals surface area contributed by atoms with Crippen LogP contribution in [0.4, 0.5) is 19.5 Å². The normalized spacial score (nSPS) is 10.7. The van der Waals surface area contributed by atoms with Crippen LogP contribution in [0.25, 0.3) is 0 Å². The molecule has 0 fully saturated rings. The summed E-state index contributed by atoms with van der Waals surface area (Å²) >= 11 is 2.34. The van der Waals surface area contributed by atoms with Crippen LogP contribution in [0, 0.1) is 0 Å². The van der Waals surface area contributed by atoms with E-state index in [1.165, 1.54) is 11.8 Å². The molecule has 102 valence electrons. The lowest BCUT2D eigenvalue weighted by molar-refractivity contribution is 0.0533. The van der Waals surface area contributed by atoms with Gasteiger partial charge in [-0.05, 0) is 13.2 Å². The molecule has 0 bridgehead atoms. The lowest BCUT2D eigenvalue weighted by atomic mass is 10.4. The Morgan fingerprint density at radius 3 is 2.78 bits per heavy atom. The van der Waals surface area contributed by atoms with Gasteiger partial charge in [0.05, 0.1) is 23.7 Å². The second-order valence-corrected chi connectivity index (χ2v) is 5.04. The van der Waals surface area contributed by atoms with Crippen LogP contribution < -0.4 is 11.1 Å². The zero-order chi connectivity index (χ0) is 13.7. The summed E-state index contributed by atoms with van der Waals surface area (Å²) in [6, 6.07) is 0. The number of hydrogen-bond acceptors (Lipinski definition) is 6. The number of alkyl halides is 2. The number of carbonyl (C=O) groups excluding carboxylic acids is 1. The molecule has 1 heterocycles. The van der Waals surface area contributed by atoms with E-state index in [-0.39, 0.29) is 17.2 Å². The van der Waals surface area contributed by atoms with Crippen molar-refractivity contribution in [3.05, 3.63) is 4.88 Å². The number of nitrogen functional groups attached to an aromatic ring is 1. The van der Waals surface area contributed by atoms with Crippen molar-refractivity contribution in [2.45, 2.75) is 18.2 Å². The van der Waals surface area contributed by atoms with Gasteiger partial charge < -0.3 is 15.8 Å². The van der Waals surface area contributed by atoms with Crippen molar-refractivity contribution in [2.75, 3.05) is 30.5 Å². The average molecular weight is 296 g/mol. The number of anilines is 2. The topological polar surface area (TPSA) is 64.3 Å². The van der Waals surface area contributed by atoms with Crippen molar-refractivity contribution in [1.29, 1.82) is 0 Å². The molecule has 1 rings (SSSR count). The van der Waals surface area contributed by atoms with Crippen LogP contribution in [-0.4, -0.2) is 31.8 Å². The van der Waals surface area contributed by atoms with Crippen LogP contribution in [-0.2, 0) is 4.74 Å². The summed E-state index contributed by atoms with van der Waals surface area (Å²) in [6.07, 6.45) is -0.699. The van der Waals surface area contributed by atoms with Gasteiger partial charge in [-0.25, -0.2) is 13.6 Å². The van der Waals surface area contributed by atoms with E-state index >= 15 is 0 Å². The Labute approximate surface area is 112 Å². The number of halogens is 2. The van der Waals surface area contributed by atoms with E-state index in [0.717, 1.165) is 11.3 Å². The minimum absolute atomic E-state index is 0.241. The summed E-state index contributed by atoms with van der Waals surface area (Å²) in [5, 5.41) is 3.06. The van der Waals surface area contributed by atoms with E-state index in [9.17, 15) is 13.6 Å². The van der Waals surface area contributed by atoms with Crippen molar-refractivity contribution >= 4 is 39.8 Å². The molecule has 0 saturated heterocycles. The molecule has 0 aliphatic carbocycles. The molecular formula is C10H14F2N2O2S2. The molecule has 0 atom stereocenters. The molecule has 3 N–H and O–H groups in total. The number of carbonyl (C=O) groups is 1. The molecule has 0 aromatic carbocycles. The quantitative estimate of drug-likeness (QED) is 0.624. The highest BCUT2D eigenvalue weighted by Crippen LogP contribution is 2.41. The van der Waals surface area contributed by atoms with E-state index in [1.54, 1.807) is 13.2 Å². The third-order valence-electron chi connectivity index (χ3n) is 1.98. The number of ether oxygens (including phenoxy) is 1. The third-order valence-corrected chi connectivity index (χ3v) is 4.09. The standard InChI is InChI=1S/C10H14F2N2O2S2/c1-3-16-10(15)8-6(13)7(17-2)9(18-8)14-4-5(11)12/h5,14H,3-4,13H2,1-2H3. The highest BCUT2D eigenvalue weighted by atomic mass is 32.2. The second kappa shape index (κ2) is 6.79. The summed E-state index contributed by atoms with van der Waals surface area (Å²) in [7, 11) is 0. The molecule has 1 aromatic heterocycles. The first kappa shape index (κ1) is 15.0. The number of hydrogen-bond donors (Lipinski definition) is 2. The monoisotopic (exact) mass is 296 g/mol. The van der Waals surface area contributed by atoms with E-state index < -0.39 is 18.9 Å². The van der Waals surface area contributed by atoms with Crippen molar-refractivity contribution in [2.24, 2.45) is 0 Å². The number of esters is 1. The van der Waals surface area contributed by atoms with Crippen LogP contribution >= 0.6 is 23.1 Å². The minimum Gasteiger partial charge on any atom is -0.462 e. The molecule has 0 aliphatic rings. The molecule has 0 amide bonds. The van der Waals surface area contributed by atoms with Gasteiger partial charge in [0.25, 0.3) is 6.43 Å². The van der Waals surface area contributed by atoms with E-state index in [2.05, 4.69) is 5.32 Å². The lowest BCUT2D eigenvalue weighted by Gasteiger charge is -2.04. The molecule has 1 aromatic rings. The van der Waals surface area contributed by atoms with Crippen LogP contribution in [0.2, 0.25) is 0 Å². The van der Waals surface area contributed by atoms with Gasteiger partial charge in [0.2, 0.25) is 0 Å². The molecule has 0 spiro atoms. The maximum absolute atomic E-state index is 12.2. The number of thioether (sulfide) groups is 1. The smallest absolute Gasteiger partial charge is 0.350 e. The highest BCUT2D eigenvalue weighted by Gasteiger charge is 2.21. The van der Waals surface area contributed by atoms with Gasteiger partial charge >= 0.3 is 5.97 Å². The zero-order valence-electron chi connectivity index (χ0n) is 9.96. The number of rotatable bonds is 6. The Morgan fingerprint density at radius 2 is 2.28 bits per heavy atom. The third kappa shape index (κ3) is 3.49. The summed E-state index contributed by atoms with van der Waals surface area (Å²) < 4.78 is 29.2. The van der Waals surface area contributed by atoms with Gasteiger partial charge in [0.15, 0.2) is 0 Å². The number of nitrogens with one attached hydrogen (secondary N) is 1. The molecule has 18 heavy (non-hydrogen) atoms. The Hall–Kier alpha value is -1.02. The first-order valence-electron chi connectivity index (χ1n) is 5.16. The fraction of sp³-hybridized carbons (Fsp3) is 0.500. The van der Waals surface area contributed by atoms with Gasteiger partial charge in [0.1, 0.15) is 9.88 Å². The van der Waals surface area contributed by atoms with Gasteiger partial charge in [-0.3, -0.25) is 0 Å². The first-order valence-corrected chi connectivity index (χ1v) is 7.20. The average Bonchev–Trinajstić information content (AvgIpc) is 2.63. The maximum Gasteiger partial charge on any atom is 0.350 e. The molecular weight excluding hydrogens is 282 g/mol. The Morgan fingerprint density at radius 1 is 1.61 bits per heavy atom. The van der Waals surface area contributed by atoms with Crippen LogP contribution in [0.3, 0.4) is 0 Å². The van der Waals surface area contributed by atoms with Crippen LogP contribution in [0.15, 0.2) is 4.90 Å². The minimum atomic E-state index is -2.46. The van der Waals surface area contributed by atoms with Crippen LogP contribution in [0.1, 0.15) is 16.6 Å². The molecule has 8 heteroatoms. The summed E-state index contributed by atoms with van der Waals surface area (Å²) in [6.45, 7) is 1.45. The second-order valence-electron chi connectivity index (χ2n) is 3.20. The fourth-order valence-corrected chi connectivity index (χ4v) is 3.20. The van der Waals surface area contributed by atoms with Gasteiger partial charge in [-0.15, -0.1) is 23.1 Å². The van der Waals surface area contributed by atoms with E-state index in [0.29, 0.717) is 9.90 Å². The van der Waals surface area contributed by atoms with Crippen molar-refractivity contribution in [3.8, 4) is 0 Å². The first-order chi connectivity index (χ1) is 8.51. The highest BCUT2D eigenvalue weighted by molar-refractivity contribution is 7.99. The number of thiophene rings is 1. The Balaban J connectivity index is 2.97. The van der Waals surface area contributed by atoms with Crippen molar-refractivity contribution in [3.63, 3.8) is 0 Å². The lowest BCUT2D eigenvalue weighted by Crippen LogP contribution is -2.09. The Bertz CT molecular complexity index is 424. The zero-order valence-corrected chi connectivity index (χ0v) is 11.6. The summed E-state index contributed by atoms with van der Waals surface area (Å²) in [5.74, 6) is -0.527. The predicted octanol–water partition coefficient (Wildman–Crippen LogP) is 2.91. The molecule has 0 radical (unpaired) electrons. The molecule has 0 aliphatic heterocycles. The SMILES string of the molecule is CCOC(=O)c1sc(NCC(F)F)c(SC)c1N. The van der Waals surface area contributed by atoms with Gasteiger partial charge in [0, 0.05) is 0 Å². The van der Waals surface area contributed by atoms with Gasteiger partial charge in [-0.1, -0.05) is 0 Å². The largest absolute Gasteiger partial charge is 0.462 e. The van der Waals surface area contributed by atoms with Crippen LogP contribution in [0.5, 0.6) is 0 Å². The molecule has 0 saturated carbocycles. The van der Waals surface area contributed by atoms with Crippen molar-refractivity contribution in [1.82, 2.24) is 0 Å². The van der Waals surface area contributed by atoms with E-state index in [4.69, 9.17) is 10.5 Å². The summed E-state index contributed by atoms with van der Waals surface area (Å²) in [5.41, 5.74) is 6.09. The molecule has 4 nitrogen and oxygen atoms in total. The predicted molar refractivity (Wildman–Crippen MR) is 71.0 cm³/mol. The van der Waals surface area contributed by atoms with Gasteiger partial charge in [-0.2, -0.15) is 0 Å². The van der Waals surface area contributed by atoms with Crippen molar-refractivity contribution < 1.29 is 18.3 Å². The summed E-state index contributed by atoms with van der Waals surface area (Å²) in [4.78, 5) is 12.5.